The second kappa shape index (κ2) is 6.24. The summed E-state index contributed by atoms with van der Waals surface area (Å²) in [6.45, 7) is 2.06. The number of imidazole rings is 1. The van der Waals surface area contributed by atoms with Crippen molar-refractivity contribution in [2.24, 2.45) is 5.18 Å². The molecule has 25 heavy (non-hydrogen) atoms. The van der Waals surface area contributed by atoms with E-state index < -0.39 is 5.91 Å². The van der Waals surface area contributed by atoms with Crippen molar-refractivity contribution in [2.45, 2.75) is 38.5 Å². The van der Waals surface area contributed by atoms with E-state index in [4.69, 9.17) is 4.98 Å². The number of aryl methyl sites for hydroxylation is 1. The summed E-state index contributed by atoms with van der Waals surface area (Å²) in [6.07, 6.45) is 4.72. The monoisotopic (exact) mass is 333 g/mol. The Morgan fingerprint density at radius 1 is 1.16 bits per heavy atom. The number of carbonyl (C=O) groups is 1. The van der Waals surface area contributed by atoms with Gasteiger partial charge in [0, 0.05) is 22.3 Å². The van der Waals surface area contributed by atoms with Gasteiger partial charge in [-0.2, -0.15) is 0 Å². The van der Waals surface area contributed by atoms with Crippen molar-refractivity contribution < 1.29 is 4.79 Å². The van der Waals surface area contributed by atoms with Crippen molar-refractivity contribution in [3.63, 3.8) is 0 Å². The summed E-state index contributed by atoms with van der Waals surface area (Å²) < 4.78 is 2.13. The number of fused-ring (bicyclic) bond motifs is 1. The fourth-order valence-corrected chi connectivity index (χ4v) is 3.77. The number of hydrogen-bond acceptors (Lipinski definition) is 3. The maximum atomic E-state index is 11.7. The van der Waals surface area contributed by atoms with Gasteiger partial charge in [-0.3, -0.25) is 9.36 Å². The largest absolute Gasteiger partial charge is 0.316 e. The minimum absolute atomic E-state index is 0.304. The third-order valence-corrected chi connectivity index (χ3v) is 4.99. The molecule has 3 aromatic rings. The van der Waals surface area contributed by atoms with E-state index in [0.29, 0.717) is 11.5 Å². The van der Waals surface area contributed by atoms with Crippen LogP contribution in [0.15, 0.2) is 47.6 Å². The number of hydrogen-bond donors (Lipinski definition) is 0. The Labute approximate surface area is 145 Å². The molecule has 5 nitrogen and oxygen atoms in total. The predicted octanol–water partition coefficient (Wildman–Crippen LogP) is 4.90. The van der Waals surface area contributed by atoms with E-state index >= 15 is 0 Å². The molecule has 0 unspecified atom stereocenters. The molecule has 0 spiro atoms. The number of nitroso groups, excluding NO2 is 1. The Balaban J connectivity index is 1.94. The molecule has 1 aromatic heterocycles. The molecule has 0 aliphatic heterocycles. The molecule has 4 rings (SSSR count). The minimum atomic E-state index is -0.746. The molecule has 1 amide bonds. The van der Waals surface area contributed by atoms with Gasteiger partial charge in [-0.15, -0.1) is 4.91 Å². The third-order valence-electron chi connectivity index (χ3n) is 4.99. The van der Waals surface area contributed by atoms with Gasteiger partial charge in [0.25, 0.3) is 0 Å². The smallest absolute Gasteiger partial charge is 0.296 e. The van der Waals surface area contributed by atoms with E-state index in [-0.39, 0.29) is 0 Å². The van der Waals surface area contributed by atoms with E-state index in [0.717, 1.165) is 35.4 Å². The topological polar surface area (TPSA) is 64.3 Å². The highest BCUT2D eigenvalue weighted by molar-refractivity contribution is 5.95. The van der Waals surface area contributed by atoms with Crippen molar-refractivity contribution in [3.8, 4) is 5.69 Å². The fourth-order valence-electron chi connectivity index (χ4n) is 3.77. The minimum Gasteiger partial charge on any atom is -0.296 e. The number of amides is 1. The second-order valence-corrected chi connectivity index (χ2v) is 6.73. The summed E-state index contributed by atoms with van der Waals surface area (Å²) in [6, 6.07) is 13.3. The van der Waals surface area contributed by atoms with E-state index in [2.05, 4.69) is 34.9 Å². The maximum Gasteiger partial charge on any atom is 0.316 e. The van der Waals surface area contributed by atoms with Crippen LogP contribution in [-0.4, -0.2) is 15.5 Å². The first-order chi connectivity index (χ1) is 12.2. The molecule has 5 heteroatoms. The van der Waals surface area contributed by atoms with E-state index in [1.165, 1.54) is 18.4 Å². The summed E-state index contributed by atoms with van der Waals surface area (Å²) in [4.78, 5) is 27.2. The van der Waals surface area contributed by atoms with Crippen molar-refractivity contribution in [1.82, 2.24) is 9.55 Å². The van der Waals surface area contributed by atoms with Gasteiger partial charge in [-0.1, -0.05) is 25.0 Å². The van der Waals surface area contributed by atoms with Gasteiger partial charge in [0.1, 0.15) is 5.82 Å². The molecule has 1 aliphatic rings. The highest BCUT2D eigenvalue weighted by Gasteiger charge is 2.24. The Morgan fingerprint density at radius 3 is 2.72 bits per heavy atom. The molecule has 1 saturated carbocycles. The molecule has 0 saturated heterocycles. The quantitative estimate of drug-likeness (QED) is 0.640. The van der Waals surface area contributed by atoms with Gasteiger partial charge in [0.05, 0.1) is 11.0 Å². The van der Waals surface area contributed by atoms with Gasteiger partial charge in [0.15, 0.2) is 0 Å². The van der Waals surface area contributed by atoms with Gasteiger partial charge < -0.3 is 0 Å². The molecule has 1 heterocycles. The molecule has 0 atom stereocenters. The molecular formula is C20H19N3O2. The zero-order valence-electron chi connectivity index (χ0n) is 14.1. The summed E-state index contributed by atoms with van der Waals surface area (Å²) in [7, 11) is 0. The predicted molar refractivity (Wildman–Crippen MR) is 97.1 cm³/mol. The lowest BCUT2D eigenvalue weighted by Gasteiger charge is -2.14. The lowest BCUT2D eigenvalue weighted by atomic mass is 10.1. The summed E-state index contributed by atoms with van der Waals surface area (Å²) in [5.74, 6) is 0.725. The number of nitrogens with zero attached hydrogens (tertiary/aromatic N) is 3. The van der Waals surface area contributed by atoms with Crippen molar-refractivity contribution in [2.75, 3.05) is 0 Å². The van der Waals surface area contributed by atoms with Crippen LogP contribution in [0.4, 0.5) is 0 Å². The normalized spacial score (nSPS) is 14.9. The van der Waals surface area contributed by atoms with Gasteiger partial charge >= 0.3 is 5.91 Å². The van der Waals surface area contributed by atoms with Gasteiger partial charge in [-0.25, -0.2) is 4.98 Å². The van der Waals surface area contributed by atoms with Crippen LogP contribution in [0.25, 0.3) is 16.7 Å². The summed E-state index contributed by atoms with van der Waals surface area (Å²) in [5, 5.41) is 2.54. The standard InChI is InChI=1S/C20H19N3O2/c1-13-9-10-18-17(11-13)21-19(14-5-2-3-6-14)23(18)16-8-4-7-15(12-16)20(24)22-25/h4,7-12,14H,2-3,5-6H2,1H3. The van der Waals surface area contributed by atoms with Crippen LogP contribution < -0.4 is 0 Å². The zero-order valence-corrected chi connectivity index (χ0v) is 14.1. The highest BCUT2D eigenvalue weighted by Crippen LogP contribution is 2.37. The van der Waals surface area contributed by atoms with Crippen LogP contribution >= 0.6 is 0 Å². The average Bonchev–Trinajstić information content (AvgIpc) is 3.28. The van der Waals surface area contributed by atoms with Crippen molar-refractivity contribution in [3.05, 3.63) is 64.3 Å². The lowest BCUT2D eigenvalue weighted by Crippen LogP contribution is -2.06. The third kappa shape index (κ3) is 2.76. The second-order valence-electron chi connectivity index (χ2n) is 6.73. The fraction of sp³-hybridized carbons (Fsp3) is 0.300. The molecule has 0 radical (unpaired) electrons. The number of rotatable bonds is 3. The summed E-state index contributed by atoms with van der Waals surface area (Å²) in [5.41, 5.74) is 4.31. The Hall–Kier alpha value is -2.82. The Kier molecular flexibility index (Phi) is 3.92. The molecule has 1 aliphatic carbocycles. The first kappa shape index (κ1) is 15.7. The van der Waals surface area contributed by atoms with Crippen LogP contribution in [0.3, 0.4) is 0 Å². The molecule has 0 N–H and O–H groups in total. The molecule has 1 fully saturated rings. The molecule has 0 bridgehead atoms. The number of aromatic nitrogens is 2. The Bertz CT molecular complexity index is 968. The summed E-state index contributed by atoms with van der Waals surface area (Å²) >= 11 is 0. The molecular weight excluding hydrogens is 314 g/mol. The van der Waals surface area contributed by atoms with Gasteiger partial charge in [0.2, 0.25) is 0 Å². The molecule has 126 valence electrons. The SMILES string of the molecule is Cc1ccc2c(c1)nc(C1CCCC1)n2-c1cccc(C(=O)N=O)c1. The number of benzene rings is 2. The first-order valence-corrected chi connectivity index (χ1v) is 8.64. The lowest BCUT2D eigenvalue weighted by molar-refractivity contribution is 0.100. The maximum absolute atomic E-state index is 11.7. The average molecular weight is 333 g/mol. The first-order valence-electron chi connectivity index (χ1n) is 8.64. The van der Waals surface area contributed by atoms with E-state index in [1.54, 1.807) is 18.2 Å². The van der Waals surface area contributed by atoms with Crippen molar-refractivity contribution >= 4 is 16.9 Å². The van der Waals surface area contributed by atoms with Crippen molar-refractivity contribution in [1.29, 1.82) is 0 Å². The Morgan fingerprint density at radius 2 is 1.96 bits per heavy atom. The van der Waals surface area contributed by atoms with E-state index in [9.17, 15) is 9.70 Å². The number of carbonyl (C=O) groups excluding carboxylic acids is 1. The van der Waals surface area contributed by atoms with Crippen LogP contribution in [0.2, 0.25) is 0 Å². The van der Waals surface area contributed by atoms with E-state index in [1.807, 2.05) is 6.07 Å². The van der Waals surface area contributed by atoms with Crippen LogP contribution in [0.5, 0.6) is 0 Å². The highest BCUT2D eigenvalue weighted by atomic mass is 16.3. The van der Waals surface area contributed by atoms with Crippen LogP contribution in [0.1, 0.15) is 53.3 Å². The zero-order chi connectivity index (χ0) is 17.4. The van der Waals surface area contributed by atoms with Crippen LogP contribution in [-0.2, 0) is 0 Å². The molecule has 2 aromatic carbocycles. The van der Waals surface area contributed by atoms with Crippen LogP contribution in [0, 0.1) is 11.8 Å². The van der Waals surface area contributed by atoms with Gasteiger partial charge in [-0.05, 0) is 55.7 Å².